The van der Waals surface area contributed by atoms with E-state index in [-0.39, 0.29) is 29.4 Å². The van der Waals surface area contributed by atoms with Gasteiger partial charge in [0.25, 0.3) is 0 Å². The molecule has 188 valence electrons. The summed E-state index contributed by atoms with van der Waals surface area (Å²) in [5, 5.41) is 0. The maximum atomic E-state index is 12.8. The number of nitrogens with zero attached hydrogens (tertiary/aromatic N) is 5. The molecule has 1 aliphatic rings. The van der Waals surface area contributed by atoms with Crippen LogP contribution in [-0.2, 0) is 32.3 Å². The van der Waals surface area contributed by atoms with Crippen LogP contribution in [-0.4, -0.2) is 72.4 Å². The number of carbonyl (C=O) groups is 2. The molecule has 1 fully saturated rings. The van der Waals surface area contributed by atoms with E-state index in [2.05, 4.69) is 19.9 Å². The van der Waals surface area contributed by atoms with Crippen molar-refractivity contribution in [3.8, 4) is 11.3 Å². The van der Waals surface area contributed by atoms with Gasteiger partial charge in [-0.2, -0.15) is 0 Å². The van der Waals surface area contributed by atoms with Gasteiger partial charge in [-0.1, -0.05) is 0 Å². The molecule has 1 saturated heterocycles. The zero-order valence-electron chi connectivity index (χ0n) is 20.6. The summed E-state index contributed by atoms with van der Waals surface area (Å²) in [4.78, 5) is 41.3. The van der Waals surface area contributed by atoms with Crippen molar-refractivity contribution < 1.29 is 18.0 Å². The molecule has 0 radical (unpaired) electrons. The number of anilines is 1. The number of Topliss-reactive ketones (excluding diaryl/α,β-unsaturated/α-hetero) is 1. The molecule has 0 spiro atoms. The number of hydrogen-bond donors (Lipinski definition) is 0. The number of hydrogen-bond acceptors (Lipinski definition) is 8. The summed E-state index contributed by atoms with van der Waals surface area (Å²) in [6, 6.07) is 8.80. The topological polar surface area (TPSA) is 113 Å². The maximum absolute atomic E-state index is 12.8. The first kappa shape index (κ1) is 25.4. The third kappa shape index (κ3) is 6.12. The number of piperazine rings is 1. The van der Waals surface area contributed by atoms with Crippen LogP contribution in [0.1, 0.15) is 23.9 Å². The number of pyridine rings is 3. The highest BCUT2D eigenvalue weighted by atomic mass is 32.2. The summed E-state index contributed by atoms with van der Waals surface area (Å²) in [6.07, 6.45) is 6.24. The highest BCUT2D eigenvalue weighted by molar-refractivity contribution is 7.90. The Balaban J connectivity index is 1.43. The van der Waals surface area contributed by atoms with Gasteiger partial charge in [0.15, 0.2) is 9.84 Å². The molecule has 0 N–H and O–H groups in total. The summed E-state index contributed by atoms with van der Waals surface area (Å²) < 4.78 is 25.0. The molecule has 3 aromatic rings. The Morgan fingerprint density at radius 1 is 0.944 bits per heavy atom. The normalized spacial score (nSPS) is 14.1. The van der Waals surface area contributed by atoms with Crippen LogP contribution in [0.2, 0.25) is 0 Å². The van der Waals surface area contributed by atoms with E-state index in [1.54, 1.807) is 37.6 Å². The number of amides is 1. The van der Waals surface area contributed by atoms with Gasteiger partial charge in [-0.15, -0.1) is 0 Å². The molecule has 1 aliphatic heterocycles. The first-order valence-corrected chi connectivity index (χ1v) is 13.6. The predicted molar refractivity (Wildman–Crippen MR) is 136 cm³/mol. The molecule has 0 saturated carbocycles. The minimum Gasteiger partial charge on any atom is -0.367 e. The summed E-state index contributed by atoms with van der Waals surface area (Å²) >= 11 is 0. The van der Waals surface area contributed by atoms with Crippen molar-refractivity contribution >= 4 is 27.2 Å². The van der Waals surface area contributed by atoms with Crippen LogP contribution in [0.5, 0.6) is 0 Å². The van der Waals surface area contributed by atoms with Crippen LogP contribution in [0, 0.1) is 6.92 Å². The summed E-state index contributed by atoms with van der Waals surface area (Å²) in [7, 11) is -3.57. The lowest BCUT2D eigenvalue weighted by atomic mass is 10.1. The van der Waals surface area contributed by atoms with E-state index in [4.69, 9.17) is 0 Å². The van der Waals surface area contributed by atoms with Crippen LogP contribution in [0.3, 0.4) is 0 Å². The lowest BCUT2D eigenvalue weighted by molar-refractivity contribution is -0.129. The SMILES string of the molecule is CC(=O)N1CCN(c2ccc(CC(=O)Cc3cnc(-c4ccnc(C)c4)c(S(C)(=O)=O)c3)nc2)CC1. The quantitative estimate of drug-likeness (QED) is 0.479. The molecule has 1 amide bonds. The van der Waals surface area contributed by atoms with E-state index in [0.29, 0.717) is 35.6 Å². The Labute approximate surface area is 211 Å². The first-order chi connectivity index (χ1) is 17.1. The first-order valence-electron chi connectivity index (χ1n) is 11.7. The third-order valence-electron chi connectivity index (χ3n) is 6.16. The molecule has 0 unspecified atom stereocenters. The molecule has 4 heterocycles. The molecule has 0 aromatic carbocycles. The van der Waals surface area contributed by atoms with E-state index in [1.807, 2.05) is 24.0 Å². The highest BCUT2D eigenvalue weighted by Crippen LogP contribution is 2.26. The molecule has 0 aliphatic carbocycles. The summed E-state index contributed by atoms with van der Waals surface area (Å²) in [5.74, 6) is 0.00155. The van der Waals surface area contributed by atoms with Gasteiger partial charge in [-0.25, -0.2) is 8.42 Å². The fourth-order valence-corrected chi connectivity index (χ4v) is 5.14. The van der Waals surface area contributed by atoms with Gasteiger partial charge in [0.05, 0.1) is 22.5 Å². The van der Waals surface area contributed by atoms with E-state index in [9.17, 15) is 18.0 Å². The second-order valence-corrected chi connectivity index (χ2v) is 11.0. The van der Waals surface area contributed by atoms with Crippen molar-refractivity contribution in [1.82, 2.24) is 19.9 Å². The molecule has 36 heavy (non-hydrogen) atoms. The fourth-order valence-electron chi connectivity index (χ4n) is 4.25. The van der Waals surface area contributed by atoms with E-state index in [1.165, 1.54) is 6.07 Å². The maximum Gasteiger partial charge on any atom is 0.219 e. The van der Waals surface area contributed by atoms with Gasteiger partial charge >= 0.3 is 0 Å². The lowest BCUT2D eigenvalue weighted by Crippen LogP contribution is -2.48. The minimum absolute atomic E-state index is 0.0572. The van der Waals surface area contributed by atoms with Gasteiger partial charge in [0.2, 0.25) is 5.91 Å². The standard InChI is InChI=1S/C26H29N5O4S/c1-18-12-21(6-7-27-18)26-25(36(3,34)35)14-20(16-29-26)13-24(33)15-22-4-5-23(17-28-22)31-10-8-30(9-11-31)19(2)32/h4-7,12,14,16-17H,8-11,13,15H2,1-3H3. The number of sulfone groups is 1. The Bertz CT molecular complexity index is 1380. The van der Waals surface area contributed by atoms with Gasteiger partial charge in [-0.3, -0.25) is 24.5 Å². The van der Waals surface area contributed by atoms with E-state index < -0.39 is 9.84 Å². The highest BCUT2D eigenvalue weighted by Gasteiger charge is 2.20. The van der Waals surface area contributed by atoms with Gasteiger partial charge < -0.3 is 9.80 Å². The molecule has 10 heteroatoms. The average Bonchev–Trinajstić information content (AvgIpc) is 2.84. The molecule has 0 atom stereocenters. The van der Waals surface area contributed by atoms with Crippen molar-refractivity contribution in [2.45, 2.75) is 31.6 Å². The van der Waals surface area contributed by atoms with Crippen LogP contribution in [0.15, 0.2) is 53.8 Å². The minimum atomic E-state index is -3.57. The third-order valence-corrected chi connectivity index (χ3v) is 7.27. The number of rotatable bonds is 7. The number of aromatic nitrogens is 3. The van der Waals surface area contributed by atoms with Gasteiger partial charge in [-0.05, 0) is 42.8 Å². The molecular formula is C26H29N5O4S. The Morgan fingerprint density at radius 3 is 2.31 bits per heavy atom. The Kier molecular flexibility index (Phi) is 7.44. The lowest BCUT2D eigenvalue weighted by Gasteiger charge is -2.35. The summed E-state index contributed by atoms with van der Waals surface area (Å²) in [6.45, 7) is 6.24. The average molecular weight is 508 g/mol. The van der Waals surface area contributed by atoms with Crippen LogP contribution < -0.4 is 4.90 Å². The molecule has 0 bridgehead atoms. The summed E-state index contributed by atoms with van der Waals surface area (Å²) in [5.41, 5.74) is 3.90. The van der Waals surface area contributed by atoms with Gasteiger partial charge in [0, 0.05) is 81.5 Å². The van der Waals surface area contributed by atoms with Crippen LogP contribution >= 0.6 is 0 Å². The van der Waals surface area contributed by atoms with E-state index in [0.717, 1.165) is 30.7 Å². The van der Waals surface area contributed by atoms with Crippen LogP contribution in [0.25, 0.3) is 11.3 Å². The van der Waals surface area contributed by atoms with Crippen molar-refractivity contribution in [3.05, 3.63) is 65.9 Å². The second-order valence-electron chi connectivity index (χ2n) is 9.04. The van der Waals surface area contributed by atoms with Crippen LogP contribution in [0.4, 0.5) is 5.69 Å². The smallest absolute Gasteiger partial charge is 0.219 e. The zero-order valence-corrected chi connectivity index (χ0v) is 21.5. The van der Waals surface area contributed by atoms with Crippen molar-refractivity contribution in [2.75, 3.05) is 37.3 Å². The molecule has 9 nitrogen and oxygen atoms in total. The Hall–Kier alpha value is -3.66. The van der Waals surface area contributed by atoms with Gasteiger partial charge in [0.1, 0.15) is 5.78 Å². The van der Waals surface area contributed by atoms with Crippen molar-refractivity contribution in [1.29, 1.82) is 0 Å². The fraction of sp³-hybridized carbons (Fsp3) is 0.346. The van der Waals surface area contributed by atoms with E-state index >= 15 is 0 Å². The molecule has 3 aromatic heterocycles. The predicted octanol–water partition coefficient (Wildman–Crippen LogP) is 2.27. The second kappa shape index (κ2) is 10.5. The monoisotopic (exact) mass is 507 g/mol. The largest absolute Gasteiger partial charge is 0.367 e. The molecule has 4 rings (SSSR count). The number of carbonyl (C=O) groups excluding carboxylic acids is 2. The zero-order chi connectivity index (χ0) is 25.9. The Morgan fingerprint density at radius 2 is 1.69 bits per heavy atom. The number of aryl methyl sites for hydroxylation is 1. The molecular weight excluding hydrogens is 478 g/mol. The van der Waals surface area contributed by atoms with Crippen molar-refractivity contribution in [3.63, 3.8) is 0 Å². The number of ketones is 1. The van der Waals surface area contributed by atoms with Crippen molar-refractivity contribution in [2.24, 2.45) is 0 Å².